The molecule has 0 spiro atoms. The monoisotopic (exact) mass is 417 g/mol. The predicted molar refractivity (Wildman–Crippen MR) is 98.8 cm³/mol. The summed E-state index contributed by atoms with van der Waals surface area (Å²) < 4.78 is 14.1. The van der Waals surface area contributed by atoms with Crippen LogP contribution >= 0.6 is 15.9 Å². The highest BCUT2D eigenvalue weighted by molar-refractivity contribution is 9.10. The molecule has 2 aromatic heterocycles. The number of nitrogens with one attached hydrogen (secondary N) is 2. The molecule has 0 unspecified atom stereocenters. The first-order chi connectivity index (χ1) is 12.5. The lowest BCUT2D eigenvalue weighted by atomic mass is 10.2. The molecule has 0 atom stereocenters. The molecule has 0 radical (unpaired) electrons. The van der Waals surface area contributed by atoms with Gasteiger partial charge < -0.3 is 15.7 Å². The number of nitrogens with zero attached hydrogens (tertiary/aromatic N) is 3. The molecule has 0 fully saturated rings. The number of halogens is 2. The predicted octanol–water partition coefficient (Wildman–Crippen LogP) is 3.68. The Morgan fingerprint density at radius 2 is 2.00 bits per heavy atom. The van der Waals surface area contributed by atoms with Crippen LogP contribution in [0, 0.1) is 5.82 Å². The zero-order valence-electron chi connectivity index (χ0n) is 13.3. The summed E-state index contributed by atoms with van der Waals surface area (Å²) in [6, 6.07) is 11.6. The second-order valence-corrected chi connectivity index (χ2v) is 6.03. The second-order valence-electron chi connectivity index (χ2n) is 5.18. The van der Waals surface area contributed by atoms with Crippen molar-refractivity contribution in [1.29, 1.82) is 0 Å². The van der Waals surface area contributed by atoms with Crippen molar-refractivity contribution < 1.29 is 14.3 Å². The van der Waals surface area contributed by atoms with Gasteiger partial charge in [0.2, 0.25) is 5.95 Å². The van der Waals surface area contributed by atoms with E-state index in [-0.39, 0.29) is 12.5 Å². The van der Waals surface area contributed by atoms with Gasteiger partial charge in [0.1, 0.15) is 18.2 Å². The summed E-state index contributed by atoms with van der Waals surface area (Å²) in [5.41, 5.74) is 1.58. The van der Waals surface area contributed by atoms with E-state index in [0.29, 0.717) is 27.4 Å². The Bertz CT molecular complexity index is 940. The van der Waals surface area contributed by atoms with Gasteiger partial charge in [-0.2, -0.15) is 4.98 Å². The van der Waals surface area contributed by atoms with Crippen molar-refractivity contribution in [3.8, 4) is 11.4 Å². The lowest BCUT2D eigenvalue weighted by Gasteiger charge is -2.11. The van der Waals surface area contributed by atoms with Crippen molar-refractivity contribution in [3.05, 3.63) is 59.0 Å². The average Bonchev–Trinajstić information content (AvgIpc) is 2.64. The van der Waals surface area contributed by atoms with Crippen LogP contribution in [0.3, 0.4) is 0 Å². The Morgan fingerprint density at radius 1 is 1.15 bits per heavy atom. The Balaban J connectivity index is 1.95. The lowest BCUT2D eigenvalue weighted by molar-refractivity contribution is -0.134. The first kappa shape index (κ1) is 17.7. The summed E-state index contributed by atoms with van der Waals surface area (Å²) in [4.78, 5) is 23.5. The van der Waals surface area contributed by atoms with Gasteiger partial charge in [-0.25, -0.2) is 9.37 Å². The number of carboxylic acids is 1. The lowest BCUT2D eigenvalue weighted by Crippen LogP contribution is -2.15. The Kier molecular flexibility index (Phi) is 5.37. The van der Waals surface area contributed by atoms with Gasteiger partial charge in [0.15, 0.2) is 0 Å². The van der Waals surface area contributed by atoms with Gasteiger partial charge in [-0.1, -0.05) is 6.07 Å². The number of hydrogen-bond acceptors (Lipinski definition) is 6. The fourth-order valence-corrected chi connectivity index (χ4v) is 2.36. The third-order valence-electron chi connectivity index (χ3n) is 3.24. The van der Waals surface area contributed by atoms with Gasteiger partial charge in [0.05, 0.1) is 15.9 Å². The molecule has 3 N–H and O–H groups in total. The molecular weight excluding hydrogens is 405 g/mol. The molecule has 9 heteroatoms. The minimum atomic E-state index is -1.04. The molecule has 0 aliphatic heterocycles. The molecule has 0 aliphatic rings. The zero-order chi connectivity index (χ0) is 18.5. The number of anilines is 3. The summed E-state index contributed by atoms with van der Waals surface area (Å²) in [5, 5.41) is 14.4. The van der Waals surface area contributed by atoms with Gasteiger partial charge in [0.25, 0.3) is 0 Å². The largest absolute Gasteiger partial charge is 0.480 e. The van der Waals surface area contributed by atoms with E-state index in [1.54, 1.807) is 36.5 Å². The minimum absolute atomic E-state index is 0.121. The van der Waals surface area contributed by atoms with Crippen molar-refractivity contribution in [1.82, 2.24) is 15.0 Å². The highest BCUT2D eigenvalue weighted by atomic mass is 79.9. The van der Waals surface area contributed by atoms with Gasteiger partial charge in [-0.15, -0.1) is 0 Å². The molecule has 3 rings (SSSR count). The molecule has 0 aliphatic carbocycles. The zero-order valence-corrected chi connectivity index (χ0v) is 14.9. The average molecular weight is 418 g/mol. The summed E-state index contributed by atoms with van der Waals surface area (Å²) >= 11 is 3.10. The first-order valence-corrected chi connectivity index (χ1v) is 8.29. The van der Waals surface area contributed by atoms with E-state index in [0.717, 1.165) is 0 Å². The SMILES string of the molecule is O=C(O)CNc1nc(Nc2ccc(Br)c(F)c2)cc(-c2ccccn2)n1. The van der Waals surface area contributed by atoms with Crippen LogP contribution in [0.25, 0.3) is 11.4 Å². The molecule has 26 heavy (non-hydrogen) atoms. The smallest absolute Gasteiger partial charge is 0.322 e. The molecule has 0 amide bonds. The highest BCUT2D eigenvalue weighted by Gasteiger charge is 2.10. The van der Waals surface area contributed by atoms with Crippen LogP contribution in [0.2, 0.25) is 0 Å². The summed E-state index contributed by atoms with van der Waals surface area (Å²) in [6.07, 6.45) is 1.62. The van der Waals surface area contributed by atoms with Crippen molar-refractivity contribution >= 4 is 39.4 Å². The standard InChI is InChI=1S/C17H13BrFN5O2/c18-11-5-4-10(7-12(11)19)22-15-8-14(13-3-1-2-6-20-13)23-17(24-15)21-9-16(25)26/h1-8H,9H2,(H,25,26)(H2,21,22,23,24). The molecule has 0 saturated carbocycles. The fraction of sp³-hybridized carbons (Fsp3) is 0.0588. The Morgan fingerprint density at radius 3 is 2.69 bits per heavy atom. The summed E-state index contributed by atoms with van der Waals surface area (Å²) in [7, 11) is 0. The molecule has 7 nitrogen and oxygen atoms in total. The number of aliphatic carboxylic acids is 1. The van der Waals surface area contributed by atoms with E-state index >= 15 is 0 Å². The number of pyridine rings is 1. The highest BCUT2D eigenvalue weighted by Crippen LogP contribution is 2.24. The fourth-order valence-electron chi connectivity index (χ4n) is 2.11. The first-order valence-electron chi connectivity index (χ1n) is 7.49. The van der Waals surface area contributed by atoms with E-state index in [2.05, 4.69) is 41.5 Å². The Hall–Kier alpha value is -3.07. The van der Waals surface area contributed by atoms with Crippen LogP contribution in [0.5, 0.6) is 0 Å². The van der Waals surface area contributed by atoms with Crippen molar-refractivity contribution in [2.24, 2.45) is 0 Å². The quantitative estimate of drug-likeness (QED) is 0.562. The van der Waals surface area contributed by atoms with Crippen LogP contribution in [-0.4, -0.2) is 32.6 Å². The van der Waals surface area contributed by atoms with E-state index in [1.807, 2.05) is 6.07 Å². The van der Waals surface area contributed by atoms with Gasteiger partial charge in [0, 0.05) is 18.0 Å². The number of carboxylic acid groups (broad SMARTS) is 1. The van der Waals surface area contributed by atoms with E-state index in [4.69, 9.17) is 5.11 Å². The summed E-state index contributed by atoms with van der Waals surface area (Å²) in [6.45, 7) is -0.335. The van der Waals surface area contributed by atoms with Gasteiger partial charge in [-0.3, -0.25) is 9.78 Å². The minimum Gasteiger partial charge on any atom is -0.480 e. The molecule has 3 aromatic rings. The van der Waals surface area contributed by atoms with E-state index in [1.165, 1.54) is 6.07 Å². The third kappa shape index (κ3) is 4.51. The van der Waals surface area contributed by atoms with E-state index < -0.39 is 11.8 Å². The number of rotatable bonds is 6. The van der Waals surface area contributed by atoms with Crippen LogP contribution in [0.4, 0.5) is 21.8 Å². The maximum Gasteiger partial charge on any atom is 0.322 e. The Labute approximate surface area is 156 Å². The normalized spacial score (nSPS) is 10.4. The molecule has 1 aromatic carbocycles. The third-order valence-corrected chi connectivity index (χ3v) is 3.89. The van der Waals surface area contributed by atoms with E-state index in [9.17, 15) is 9.18 Å². The molecule has 0 bridgehead atoms. The van der Waals surface area contributed by atoms with Gasteiger partial charge >= 0.3 is 5.97 Å². The van der Waals surface area contributed by atoms with Crippen molar-refractivity contribution in [2.45, 2.75) is 0 Å². The number of benzene rings is 1. The van der Waals surface area contributed by atoms with Crippen LogP contribution in [-0.2, 0) is 4.79 Å². The second kappa shape index (κ2) is 7.87. The van der Waals surface area contributed by atoms with Crippen LogP contribution in [0.1, 0.15) is 0 Å². The summed E-state index contributed by atoms with van der Waals surface area (Å²) in [5.74, 6) is -0.967. The van der Waals surface area contributed by atoms with Crippen LogP contribution in [0.15, 0.2) is 53.1 Å². The molecular formula is C17H13BrFN5O2. The topological polar surface area (TPSA) is 100 Å². The maximum absolute atomic E-state index is 13.7. The van der Waals surface area contributed by atoms with Gasteiger partial charge in [-0.05, 0) is 46.3 Å². The number of hydrogen-bond donors (Lipinski definition) is 3. The maximum atomic E-state index is 13.7. The number of carbonyl (C=O) groups is 1. The molecule has 0 saturated heterocycles. The molecule has 2 heterocycles. The van der Waals surface area contributed by atoms with Crippen molar-refractivity contribution in [3.63, 3.8) is 0 Å². The van der Waals surface area contributed by atoms with Crippen molar-refractivity contribution in [2.75, 3.05) is 17.2 Å². The van der Waals surface area contributed by atoms with Crippen LogP contribution < -0.4 is 10.6 Å². The molecule has 132 valence electrons. The number of aromatic nitrogens is 3.